The molecule has 0 aliphatic heterocycles. The van der Waals surface area contributed by atoms with Gasteiger partial charge >= 0.3 is 0 Å². The standard InChI is InChI=1S/C90H126N4S4/c1-11-15-19-23-27-31-35-39-43-47-51-89(52-48-44-40-36-32-28-24-20-16-12-2)72-58-66-73(57-65(72)79-74(89)55-63(5)81-83(79)93-97-91-81)90(53-49-45-41-37-33-29-25-21-17-13-3,54-50-46-42-38-34-30-26-22-18-14-4)75-61-69(82-84(80(66)75)94-98-92-82)78-62-77-86(96-78)68-60-70-67(59-71(68)88(77,9)10)85-76(87(70,7)8)56-64(6)95-85/h55-62H,11-54H2,1-10H3. The lowest BCUT2D eigenvalue weighted by molar-refractivity contribution is 0.393. The summed E-state index contributed by atoms with van der Waals surface area (Å²) >= 11 is 6.93. The topological polar surface area (TPSA) is 51.6 Å². The first-order chi connectivity index (χ1) is 47.8. The average molecular weight is 1390 g/mol. The zero-order chi connectivity index (χ0) is 68.3. The molecule has 4 aliphatic rings. The highest BCUT2D eigenvalue weighted by atomic mass is 32.1. The number of hydrogen-bond acceptors (Lipinski definition) is 8. The summed E-state index contributed by atoms with van der Waals surface area (Å²) in [4.78, 5) is 5.73. The van der Waals surface area contributed by atoms with Gasteiger partial charge in [-0.2, -0.15) is 17.5 Å². The van der Waals surface area contributed by atoms with E-state index in [4.69, 9.17) is 17.5 Å². The minimum Gasteiger partial charge on any atom is -0.173 e. The molecule has 4 nitrogen and oxygen atoms in total. The molecule has 4 aromatic carbocycles. The van der Waals surface area contributed by atoms with E-state index in [1.807, 2.05) is 22.7 Å². The molecular weight excluding hydrogens is 1270 g/mol. The van der Waals surface area contributed by atoms with Gasteiger partial charge in [-0.15, -0.1) is 22.7 Å². The molecule has 4 aliphatic carbocycles. The molecule has 0 bridgehead atoms. The Labute approximate surface area is 611 Å². The second kappa shape index (κ2) is 34.0. The molecule has 0 saturated carbocycles. The highest BCUT2D eigenvalue weighted by Crippen LogP contribution is 2.65. The van der Waals surface area contributed by atoms with Crippen molar-refractivity contribution in [2.45, 2.75) is 373 Å². The first kappa shape index (κ1) is 73.7. The number of aryl methyl sites for hydroxylation is 2. The molecule has 0 N–H and O–H groups in total. The smallest absolute Gasteiger partial charge is 0.114 e. The second-order valence-electron chi connectivity index (χ2n) is 32.9. The molecule has 0 atom stereocenters. The Morgan fingerprint density at radius 1 is 0.276 bits per heavy atom. The molecular formula is C90H126N4S4. The van der Waals surface area contributed by atoms with Crippen LogP contribution in [0.25, 0.3) is 75.6 Å². The van der Waals surface area contributed by atoms with Crippen molar-refractivity contribution in [2.75, 3.05) is 0 Å². The summed E-state index contributed by atoms with van der Waals surface area (Å²) in [5, 5.41) is 0. The van der Waals surface area contributed by atoms with Crippen LogP contribution in [0.3, 0.4) is 0 Å². The largest absolute Gasteiger partial charge is 0.173 e. The predicted octanol–water partition coefficient (Wildman–Crippen LogP) is 30.5. The third-order valence-corrected chi connectivity index (χ3v) is 28.4. The van der Waals surface area contributed by atoms with Crippen LogP contribution in [0.5, 0.6) is 0 Å². The minimum atomic E-state index is -0.161. The molecule has 8 heteroatoms. The first-order valence-corrected chi connectivity index (χ1v) is 44.1. The normalized spacial score (nSPS) is 15.3. The lowest BCUT2D eigenvalue weighted by Gasteiger charge is -2.35. The lowest BCUT2D eigenvalue weighted by atomic mass is 9.68. The van der Waals surface area contributed by atoms with E-state index in [-0.39, 0.29) is 21.7 Å². The maximum atomic E-state index is 5.60. The Hall–Kier alpha value is -4.08. The van der Waals surface area contributed by atoms with E-state index >= 15 is 0 Å². The Kier molecular flexibility index (Phi) is 25.6. The molecule has 8 aromatic rings. The summed E-state index contributed by atoms with van der Waals surface area (Å²) in [5.41, 5.74) is 27.8. The number of hydrogen-bond donors (Lipinski definition) is 0. The van der Waals surface area contributed by atoms with E-state index in [2.05, 4.69) is 118 Å². The van der Waals surface area contributed by atoms with E-state index in [0.29, 0.717) is 0 Å². The summed E-state index contributed by atoms with van der Waals surface area (Å²) in [5.74, 6) is 0. The monoisotopic (exact) mass is 1390 g/mol. The predicted molar refractivity (Wildman–Crippen MR) is 432 cm³/mol. The van der Waals surface area contributed by atoms with Gasteiger partial charge in [-0.1, -0.05) is 318 Å². The van der Waals surface area contributed by atoms with Crippen molar-refractivity contribution in [3.63, 3.8) is 0 Å². The van der Waals surface area contributed by atoms with Gasteiger partial charge in [0.05, 0.1) is 23.5 Å². The fraction of sp³-hybridized carbons (Fsp3) is 0.644. The van der Waals surface area contributed by atoms with Gasteiger partial charge in [0, 0.05) is 57.9 Å². The molecule has 0 fully saturated rings. The van der Waals surface area contributed by atoms with Crippen LogP contribution in [-0.4, -0.2) is 17.5 Å². The molecule has 530 valence electrons. The van der Waals surface area contributed by atoms with Crippen molar-refractivity contribution >= 4 is 68.2 Å². The molecule has 0 unspecified atom stereocenters. The van der Waals surface area contributed by atoms with Crippen molar-refractivity contribution in [3.8, 4) is 53.6 Å². The lowest BCUT2D eigenvalue weighted by Crippen LogP contribution is -2.27. The Morgan fingerprint density at radius 2 is 0.582 bits per heavy atom. The van der Waals surface area contributed by atoms with Gasteiger partial charge in [0.1, 0.15) is 22.1 Å². The van der Waals surface area contributed by atoms with Gasteiger partial charge in [0.2, 0.25) is 0 Å². The van der Waals surface area contributed by atoms with Crippen molar-refractivity contribution in [3.05, 3.63) is 103 Å². The van der Waals surface area contributed by atoms with Crippen LogP contribution >= 0.6 is 46.1 Å². The van der Waals surface area contributed by atoms with E-state index in [0.717, 1.165) is 22.1 Å². The Balaban J connectivity index is 0.975. The van der Waals surface area contributed by atoms with Crippen LogP contribution in [0, 0.1) is 13.8 Å². The van der Waals surface area contributed by atoms with Gasteiger partial charge in [-0.25, -0.2) is 0 Å². The van der Waals surface area contributed by atoms with Crippen LogP contribution in [-0.2, 0) is 21.7 Å². The van der Waals surface area contributed by atoms with E-state index in [1.165, 1.54) is 392 Å². The maximum absolute atomic E-state index is 5.60. The molecule has 12 rings (SSSR count). The first-order valence-electron chi connectivity index (χ1n) is 41.1. The molecule has 0 amide bonds. The van der Waals surface area contributed by atoms with Crippen molar-refractivity contribution < 1.29 is 0 Å². The molecule has 4 heterocycles. The van der Waals surface area contributed by atoms with Gasteiger partial charge in [-0.05, 0) is 154 Å². The minimum absolute atomic E-state index is 0.0272. The van der Waals surface area contributed by atoms with E-state index < -0.39 is 0 Å². The third-order valence-electron chi connectivity index (χ3n) is 25.0. The van der Waals surface area contributed by atoms with Gasteiger partial charge < -0.3 is 0 Å². The third kappa shape index (κ3) is 15.2. The number of rotatable bonds is 45. The van der Waals surface area contributed by atoms with Gasteiger partial charge in [0.15, 0.2) is 0 Å². The maximum Gasteiger partial charge on any atom is 0.114 e. The fourth-order valence-corrected chi connectivity index (χ4v) is 23.0. The van der Waals surface area contributed by atoms with E-state index in [1.54, 1.807) is 22.3 Å². The number of unbranched alkanes of at least 4 members (excludes halogenated alkanes) is 36. The van der Waals surface area contributed by atoms with Crippen LogP contribution in [0.1, 0.15) is 393 Å². The number of aromatic nitrogens is 4. The zero-order valence-electron chi connectivity index (χ0n) is 63.2. The number of fused-ring (bicyclic) bond motifs is 16. The van der Waals surface area contributed by atoms with Crippen LogP contribution < -0.4 is 0 Å². The zero-order valence-corrected chi connectivity index (χ0v) is 66.4. The SMILES string of the molecule is CCCCCCCCCCCCC1(CCCCCCCCCCCC)c2cc3c(cc2-c2c1cc(C)c1nsnc21)C(CCCCCCCCCCCC)(CCCCCCCCCCCC)c1cc(-c2cc4c(s2)-c2cc5c(cc2C4(C)C)-c2sc(C)cc2C5(C)C)c2nsnc2c1-3. The average Bonchev–Trinajstić information content (AvgIpc) is 1.52. The van der Waals surface area contributed by atoms with Crippen LogP contribution in [0.4, 0.5) is 0 Å². The quantitative estimate of drug-likeness (QED) is 0.0357. The number of thiophene rings is 2. The van der Waals surface area contributed by atoms with Crippen molar-refractivity contribution in [2.24, 2.45) is 0 Å². The summed E-state index contributed by atoms with van der Waals surface area (Å²) in [6.07, 6.45) is 58.9. The highest BCUT2D eigenvalue weighted by Gasteiger charge is 2.51. The molecule has 98 heavy (non-hydrogen) atoms. The molecule has 0 saturated heterocycles. The van der Waals surface area contributed by atoms with Gasteiger partial charge in [0.25, 0.3) is 0 Å². The Morgan fingerprint density at radius 3 is 0.980 bits per heavy atom. The van der Waals surface area contributed by atoms with E-state index in [9.17, 15) is 0 Å². The Bertz CT molecular complexity index is 3860. The molecule has 0 spiro atoms. The summed E-state index contributed by atoms with van der Waals surface area (Å²) in [7, 11) is 0. The van der Waals surface area contributed by atoms with Gasteiger partial charge in [-0.3, -0.25) is 0 Å². The highest BCUT2D eigenvalue weighted by molar-refractivity contribution is 7.19. The van der Waals surface area contributed by atoms with Crippen molar-refractivity contribution in [1.29, 1.82) is 0 Å². The molecule has 4 aromatic heterocycles. The number of nitrogens with zero attached hydrogens (tertiary/aromatic N) is 4. The summed E-state index contributed by atoms with van der Waals surface area (Å²) < 4.78 is 21.6. The second-order valence-corrected chi connectivity index (χ2v) is 36.2. The van der Waals surface area contributed by atoms with Crippen molar-refractivity contribution in [1.82, 2.24) is 17.5 Å². The number of benzene rings is 4. The van der Waals surface area contributed by atoms with Crippen LogP contribution in [0.15, 0.2) is 48.5 Å². The summed E-state index contributed by atoms with van der Waals surface area (Å²) in [6.45, 7) is 23.9. The fourth-order valence-electron chi connectivity index (χ4n) is 19.3. The summed E-state index contributed by atoms with van der Waals surface area (Å²) in [6, 6.07) is 21.5. The van der Waals surface area contributed by atoms with Crippen LogP contribution in [0.2, 0.25) is 0 Å². The molecule has 0 radical (unpaired) electrons.